The van der Waals surface area contributed by atoms with Crippen LogP contribution in [-0.4, -0.2) is 42.6 Å². The van der Waals surface area contributed by atoms with Gasteiger partial charge in [0.15, 0.2) is 5.69 Å². The van der Waals surface area contributed by atoms with Crippen molar-refractivity contribution in [3.8, 4) is 0 Å². The molecule has 1 aliphatic heterocycles. The van der Waals surface area contributed by atoms with E-state index in [0.717, 1.165) is 16.3 Å². The lowest BCUT2D eigenvalue weighted by molar-refractivity contribution is -0.130. The highest BCUT2D eigenvalue weighted by Gasteiger charge is 2.22. The maximum atomic E-state index is 12.4. The molecule has 2 aromatic rings. The largest absolute Gasteiger partial charge is 0.346 e. The van der Waals surface area contributed by atoms with Crippen molar-refractivity contribution in [3.63, 3.8) is 0 Å². The maximum absolute atomic E-state index is 12.4. The quantitative estimate of drug-likeness (QED) is 0.895. The number of hydrogen-bond acceptors (Lipinski definition) is 6. The van der Waals surface area contributed by atoms with Crippen LogP contribution in [0.1, 0.15) is 53.4 Å². The number of nitrogens with zero attached hydrogens (tertiary/aromatic N) is 5. The Labute approximate surface area is 144 Å². The van der Waals surface area contributed by atoms with E-state index in [4.69, 9.17) is 0 Å². The van der Waals surface area contributed by atoms with Gasteiger partial charge in [-0.15, -0.1) is 5.10 Å². The molecule has 0 saturated carbocycles. The first-order chi connectivity index (χ1) is 11.5. The second-order valence-electron chi connectivity index (χ2n) is 6.10. The smallest absolute Gasteiger partial charge is 0.272 e. The topological polar surface area (TPSA) is 93.0 Å². The zero-order chi connectivity index (χ0) is 17.3. The Morgan fingerprint density at radius 2 is 2.17 bits per heavy atom. The van der Waals surface area contributed by atoms with Gasteiger partial charge in [-0.25, -0.2) is 0 Å². The van der Waals surface area contributed by atoms with Crippen LogP contribution in [0.2, 0.25) is 0 Å². The van der Waals surface area contributed by atoms with E-state index in [1.165, 1.54) is 11.5 Å². The summed E-state index contributed by atoms with van der Waals surface area (Å²) in [6.45, 7) is 7.76. The van der Waals surface area contributed by atoms with Gasteiger partial charge in [-0.2, -0.15) is 5.10 Å². The summed E-state index contributed by atoms with van der Waals surface area (Å²) in [6.07, 6.45) is 0. The minimum Gasteiger partial charge on any atom is -0.346 e. The summed E-state index contributed by atoms with van der Waals surface area (Å²) in [6, 6.07) is 1.75. The van der Waals surface area contributed by atoms with Crippen LogP contribution in [-0.2, 0) is 24.4 Å². The van der Waals surface area contributed by atoms with Gasteiger partial charge in [0, 0.05) is 13.5 Å². The van der Waals surface area contributed by atoms with Crippen LogP contribution in [0.25, 0.3) is 0 Å². The zero-order valence-corrected chi connectivity index (χ0v) is 14.8. The van der Waals surface area contributed by atoms with Crippen LogP contribution in [0.15, 0.2) is 6.07 Å². The first kappa shape index (κ1) is 16.6. The van der Waals surface area contributed by atoms with E-state index in [2.05, 4.69) is 20.0 Å². The molecule has 0 atom stereocenters. The van der Waals surface area contributed by atoms with Gasteiger partial charge in [-0.3, -0.25) is 14.3 Å². The van der Waals surface area contributed by atoms with Crippen LogP contribution in [0, 0.1) is 0 Å². The van der Waals surface area contributed by atoms with Crippen LogP contribution >= 0.6 is 11.5 Å². The third kappa shape index (κ3) is 3.30. The molecule has 3 heterocycles. The molecule has 0 spiro atoms. The van der Waals surface area contributed by atoms with Crippen molar-refractivity contribution >= 4 is 23.3 Å². The lowest BCUT2D eigenvalue weighted by Gasteiger charge is -2.26. The molecule has 3 rings (SSSR count). The van der Waals surface area contributed by atoms with Gasteiger partial charge in [0.25, 0.3) is 5.91 Å². The SMILES string of the molecule is CC(=O)N1CCn2nc(C(=O)NCc3snnc3C(C)C)cc2C1. The molecule has 0 aromatic carbocycles. The molecule has 0 fully saturated rings. The van der Waals surface area contributed by atoms with Crippen molar-refractivity contribution in [1.82, 2.24) is 29.6 Å². The highest BCUT2D eigenvalue weighted by molar-refractivity contribution is 7.05. The van der Waals surface area contributed by atoms with Gasteiger partial charge in [0.05, 0.1) is 35.9 Å². The van der Waals surface area contributed by atoms with E-state index in [0.29, 0.717) is 31.9 Å². The van der Waals surface area contributed by atoms with Gasteiger partial charge < -0.3 is 10.2 Å². The molecule has 2 amide bonds. The summed E-state index contributed by atoms with van der Waals surface area (Å²) in [5.74, 6) is 0.0786. The van der Waals surface area contributed by atoms with Gasteiger partial charge >= 0.3 is 0 Å². The molecular weight excluding hydrogens is 328 g/mol. The number of hydrogen-bond donors (Lipinski definition) is 1. The average Bonchev–Trinajstić information content (AvgIpc) is 3.18. The Balaban J connectivity index is 1.66. The molecular formula is C15H20N6O2S. The molecule has 0 aliphatic carbocycles. The number of nitrogens with one attached hydrogen (secondary N) is 1. The third-order valence-electron chi connectivity index (χ3n) is 4.02. The molecule has 0 unspecified atom stereocenters. The van der Waals surface area contributed by atoms with Gasteiger partial charge in [0.2, 0.25) is 5.91 Å². The highest BCUT2D eigenvalue weighted by Crippen LogP contribution is 2.19. The Morgan fingerprint density at radius 3 is 2.88 bits per heavy atom. The van der Waals surface area contributed by atoms with Gasteiger partial charge in [-0.05, 0) is 23.5 Å². The molecule has 0 bridgehead atoms. The number of rotatable bonds is 4. The van der Waals surface area contributed by atoms with Crippen molar-refractivity contribution in [2.75, 3.05) is 6.54 Å². The number of fused-ring (bicyclic) bond motifs is 1. The molecule has 2 aromatic heterocycles. The van der Waals surface area contributed by atoms with Crippen LogP contribution in [0.5, 0.6) is 0 Å². The minimum atomic E-state index is -0.227. The standard InChI is InChI=1S/C15H20N6O2S/c1-9(2)14-13(24-19-17-14)7-16-15(23)12-6-11-8-20(10(3)22)4-5-21(11)18-12/h6,9H,4-5,7-8H2,1-3H3,(H,16,23). The first-order valence-corrected chi connectivity index (χ1v) is 8.64. The third-order valence-corrected chi connectivity index (χ3v) is 4.75. The van der Waals surface area contributed by atoms with Gasteiger partial charge in [-0.1, -0.05) is 18.3 Å². The Morgan fingerprint density at radius 1 is 1.38 bits per heavy atom. The van der Waals surface area contributed by atoms with E-state index in [1.54, 1.807) is 22.6 Å². The van der Waals surface area contributed by atoms with E-state index in [9.17, 15) is 9.59 Å². The Bertz CT molecular complexity index is 766. The summed E-state index contributed by atoms with van der Waals surface area (Å²) >= 11 is 1.30. The molecule has 9 heteroatoms. The maximum Gasteiger partial charge on any atom is 0.272 e. The van der Waals surface area contributed by atoms with Crippen molar-refractivity contribution in [1.29, 1.82) is 0 Å². The number of aromatic nitrogens is 4. The van der Waals surface area contributed by atoms with Crippen molar-refractivity contribution in [2.24, 2.45) is 0 Å². The Hall–Kier alpha value is -2.29. The normalized spacial score (nSPS) is 13.9. The van der Waals surface area contributed by atoms with Gasteiger partial charge in [0.1, 0.15) is 0 Å². The summed E-state index contributed by atoms with van der Waals surface area (Å²) in [5.41, 5.74) is 2.17. The van der Waals surface area contributed by atoms with E-state index < -0.39 is 0 Å². The van der Waals surface area contributed by atoms with Crippen LogP contribution < -0.4 is 5.32 Å². The second-order valence-corrected chi connectivity index (χ2v) is 6.94. The number of amides is 2. The fourth-order valence-electron chi connectivity index (χ4n) is 2.67. The fraction of sp³-hybridized carbons (Fsp3) is 0.533. The predicted molar refractivity (Wildman–Crippen MR) is 88.5 cm³/mol. The molecule has 8 nitrogen and oxygen atoms in total. The molecule has 0 saturated heterocycles. The Kier molecular flexibility index (Phi) is 4.61. The summed E-state index contributed by atoms with van der Waals surface area (Å²) in [4.78, 5) is 26.5. The minimum absolute atomic E-state index is 0.0346. The monoisotopic (exact) mass is 348 g/mol. The molecule has 1 N–H and O–H groups in total. The zero-order valence-electron chi connectivity index (χ0n) is 13.9. The molecule has 128 valence electrons. The molecule has 24 heavy (non-hydrogen) atoms. The molecule has 0 radical (unpaired) electrons. The van der Waals surface area contributed by atoms with E-state index in [1.807, 2.05) is 13.8 Å². The summed E-state index contributed by atoms with van der Waals surface area (Å²) < 4.78 is 5.75. The van der Waals surface area contributed by atoms with Crippen LogP contribution in [0.4, 0.5) is 0 Å². The lowest BCUT2D eigenvalue weighted by atomic mass is 10.1. The van der Waals surface area contributed by atoms with Crippen molar-refractivity contribution < 1.29 is 9.59 Å². The number of carbonyl (C=O) groups excluding carboxylic acids is 2. The van der Waals surface area contributed by atoms with Crippen molar-refractivity contribution in [2.45, 2.75) is 46.3 Å². The van der Waals surface area contributed by atoms with Crippen LogP contribution in [0.3, 0.4) is 0 Å². The summed E-state index contributed by atoms with van der Waals surface area (Å²) in [7, 11) is 0. The predicted octanol–water partition coefficient (Wildman–Crippen LogP) is 1.15. The number of carbonyl (C=O) groups is 2. The van der Waals surface area contributed by atoms with E-state index >= 15 is 0 Å². The average molecular weight is 348 g/mol. The first-order valence-electron chi connectivity index (χ1n) is 7.87. The molecule has 1 aliphatic rings. The van der Waals surface area contributed by atoms with Crippen molar-refractivity contribution in [3.05, 3.63) is 28.0 Å². The summed E-state index contributed by atoms with van der Waals surface area (Å²) in [5, 5.41) is 11.3. The fourth-order valence-corrected chi connectivity index (χ4v) is 3.41. The van der Waals surface area contributed by atoms with E-state index in [-0.39, 0.29) is 17.7 Å². The highest BCUT2D eigenvalue weighted by atomic mass is 32.1. The lowest BCUT2D eigenvalue weighted by Crippen LogP contribution is -2.36. The second kappa shape index (κ2) is 6.68.